The molecule has 1 unspecified atom stereocenters. The molecule has 0 aromatic heterocycles. The summed E-state index contributed by atoms with van der Waals surface area (Å²) in [5.41, 5.74) is 5.39. The van der Waals surface area contributed by atoms with Gasteiger partial charge >= 0.3 is 0 Å². The SMILES string of the molecule is CCc1ccc([C@@H](C)NC(=O)C[NH+](C)CC(=O)Nc2cccc(C)c2C)cc1. The van der Waals surface area contributed by atoms with Crippen molar-refractivity contribution in [3.8, 4) is 0 Å². The van der Waals surface area contributed by atoms with Crippen LogP contribution >= 0.6 is 0 Å². The summed E-state index contributed by atoms with van der Waals surface area (Å²) in [6.45, 7) is 8.59. The lowest BCUT2D eigenvalue weighted by atomic mass is 10.1. The van der Waals surface area contributed by atoms with Crippen LogP contribution in [0.3, 0.4) is 0 Å². The fraction of sp³-hybridized carbons (Fsp3) is 0.391. The molecule has 0 radical (unpaired) electrons. The molecule has 2 atom stereocenters. The molecular formula is C23H32N3O2+. The van der Waals surface area contributed by atoms with Gasteiger partial charge in [-0.3, -0.25) is 9.59 Å². The van der Waals surface area contributed by atoms with Gasteiger partial charge in [0.25, 0.3) is 11.8 Å². The first-order valence-electron chi connectivity index (χ1n) is 9.85. The van der Waals surface area contributed by atoms with Crippen LogP contribution in [-0.4, -0.2) is 32.0 Å². The second-order valence-corrected chi connectivity index (χ2v) is 7.49. The lowest BCUT2D eigenvalue weighted by molar-refractivity contribution is -0.862. The van der Waals surface area contributed by atoms with E-state index in [-0.39, 0.29) is 30.9 Å². The van der Waals surface area contributed by atoms with Crippen LogP contribution in [0, 0.1) is 13.8 Å². The molecule has 28 heavy (non-hydrogen) atoms. The molecule has 0 heterocycles. The highest BCUT2D eigenvalue weighted by Crippen LogP contribution is 2.17. The third kappa shape index (κ3) is 6.20. The second-order valence-electron chi connectivity index (χ2n) is 7.49. The van der Waals surface area contributed by atoms with Crippen molar-refractivity contribution >= 4 is 17.5 Å². The summed E-state index contributed by atoms with van der Waals surface area (Å²) in [5, 5.41) is 5.95. The van der Waals surface area contributed by atoms with E-state index < -0.39 is 0 Å². The van der Waals surface area contributed by atoms with Gasteiger partial charge < -0.3 is 15.5 Å². The van der Waals surface area contributed by atoms with E-state index >= 15 is 0 Å². The predicted molar refractivity (Wildman–Crippen MR) is 114 cm³/mol. The number of anilines is 1. The zero-order valence-corrected chi connectivity index (χ0v) is 17.6. The molecule has 5 heteroatoms. The van der Waals surface area contributed by atoms with Crippen LogP contribution in [0.25, 0.3) is 0 Å². The maximum atomic E-state index is 12.3. The van der Waals surface area contributed by atoms with Gasteiger partial charge in [0, 0.05) is 5.69 Å². The maximum absolute atomic E-state index is 12.3. The van der Waals surface area contributed by atoms with Crippen LogP contribution in [0.5, 0.6) is 0 Å². The van der Waals surface area contributed by atoms with Gasteiger partial charge in [-0.05, 0) is 55.5 Å². The van der Waals surface area contributed by atoms with Crippen molar-refractivity contribution < 1.29 is 14.5 Å². The number of carbonyl (C=O) groups excluding carboxylic acids is 2. The molecule has 2 rings (SSSR count). The number of hydrogen-bond donors (Lipinski definition) is 3. The average Bonchev–Trinajstić information content (AvgIpc) is 2.65. The highest BCUT2D eigenvalue weighted by molar-refractivity contribution is 5.92. The topological polar surface area (TPSA) is 62.6 Å². The summed E-state index contributed by atoms with van der Waals surface area (Å²) in [7, 11) is 1.85. The fourth-order valence-electron chi connectivity index (χ4n) is 3.11. The van der Waals surface area contributed by atoms with Gasteiger partial charge in [-0.15, -0.1) is 0 Å². The Bertz CT molecular complexity index is 815. The lowest BCUT2D eigenvalue weighted by Gasteiger charge is -2.18. The summed E-state index contributed by atoms with van der Waals surface area (Å²) < 4.78 is 0. The molecule has 0 saturated heterocycles. The first-order chi connectivity index (χ1) is 13.3. The minimum Gasteiger partial charge on any atom is -0.345 e. The van der Waals surface area contributed by atoms with Crippen molar-refractivity contribution in [1.29, 1.82) is 0 Å². The standard InChI is InChI=1S/C23H31N3O2/c1-6-19-10-12-20(13-11-19)18(4)24-22(27)14-26(5)15-23(28)25-21-9-7-8-16(2)17(21)3/h7-13,18H,6,14-15H2,1-5H3,(H,24,27)(H,25,28)/p+1/t18-/m1/s1. The molecule has 0 aliphatic rings. The molecule has 2 aromatic carbocycles. The van der Waals surface area contributed by atoms with E-state index in [4.69, 9.17) is 0 Å². The number of benzene rings is 2. The lowest BCUT2D eigenvalue weighted by Crippen LogP contribution is -3.11. The monoisotopic (exact) mass is 382 g/mol. The smallest absolute Gasteiger partial charge is 0.279 e. The van der Waals surface area contributed by atoms with Gasteiger partial charge in [0.05, 0.1) is 13.1 Å². The van der Waals surface area contributed by atoms with Crippen LogP contribution in [0.2, 0.25) is 0 Å². The third-order valence-electron chi connectivity index (χ3n) is 5.07. The number of rotatable bonds is 8. The van der Waals surface area contributed by atoms with Gasteiger partial charge in [0.2, 0.25) is 0 Å². The number of aryl methyl sites for hydroxylation is 2. The number of amides is 2. The Labute approximate surface area is 168 Å². The number of nitrogens with one attached hydrogen (secondary N) is 3. The van der Waals surface area contributed by atoms with Gasteiger partial charge in [0.15, 0.2) is 13.1 Å². The minimum absolute atomic E-state index is 0.0602. The highest BCUT2D eigenvalue weighted by atomic mass is 16.2. The molecule has 3 N–H and O–H groups in total. The zero-order valence-electron chi connectivity index (χ0n) is 17.6. The van der Waals surface area contributed by atoms with Crippen molar-refractivity contribution in [2.24, 2.45) is 0 Å². The Balaban J connectivity index is 1.82. The third-order valence-corrected chi connectivity index (χ3v) is 5.07. The Morgan fingerprint density at radius 2 is 1.64 bits per heavy atom. The molecule has 0 spiro atoms. The number of likely N-dealkylation sites (N-methyl/N-ethyl adjacent to an activating group) is 1. The Kier molecular flexibility index (Phi) is 7.76. The van der Waals surface area contributed by atoms with E-state index in [0.29, 0.717) is 0 Å². The summed E-state index contributed by atoms with van der Waals surface area (Å²) in [4.78, 5) is 25.5. The maximum Gasteiger partial charge on any atom is 0.279 e. The Morgan fingerprint density at radius 1 is 1.00 bits per heavy atom. The summed E-state index contributed by atoms with van der Waals surface area (Å²) in [6, 6.07) is 14.1. The number of quaternary nitrogens is 1. The highest BCUT2D eigenvalue weighted by Gasteiger charge is 2.17. The predicted octanol–water partition coefficient (Wildman–Crippen LogP) is 2.20. The van der Waals surface area contributed by atoms with Crippen molar-refractivity contribution in [1.82, 2.24) is 5.32 Å². The van der Waals surface area contributed by atoms with Gasteiger partial charge in [-0.2, -0.15) is 0 Å². The van der Waals surface area contributed by atoms with Crippen LogP contribution in [0.15, 0.2) is 42.5 Å². The first-order valence-corrected chi connectivity index (χ1v) is 9.85. The van der Waals surface area contributed by atoms with Crippen molar-refractivity contribution in [2.45, 2.75) is 40.2 Å². The molecule has 2 aromatic rings. The number of hydrogen-bond acceptors (Lipinski definition) is 2. The fourth-order valence-corrected chi connectivity index (χ4v) is 3.11. The average molecular weight is 383 g/mol. The second kappa shape index (κ2) is 10.0. The molecule has 5 nitrogen and oxygen atoms in total. The van der Waals surface area contributed by atoms with Gasteiger partial charge in [-0.1, -0.05) is 43.3 Å². The molecule has 150 valence electrons. The van der Waals surface area contributed by atoms with Gasteiger partial charge in [-0.25, -0.2) is 0 Å². The van der Waals surface area contributed by atoms with E-state index in [1.54, 1.807) is 0 Å². The largest absolute Gasteiger partial charge is 0.345 e. The first kappa shape index (κ1) is 21.6. The molecule has 0 saturated carbocycles. The van der Waals surface area contributed by atoms with Crippen LogP contribution in [0.1, 0.15) is 42.1 Å². The molecular weight excluding hydrogens is 350 g/mol. The van der Waals surface area contributed by atoms with E-state index in [2.05, 4.69) is 41.8 Å². The van der Waals surface area contributed by atoms with Gasteiger partial charge in [0.1, 0.15) is 0 Å². The van der Waals surface area contributed by atoms with E-state index in [9.17, 15) is 9.59 Å². The van der Waals surface area contributed by atoms with Crippen LogP contribution in [-0.2, 0) is 16.0 Å². The molecule has 0 aliphatic heterocycles. The minimum atomic E-state index is -0.0952. The van der Waals surface area contributed by atoms with E-state index in [0.717, 1.165) is 33.7 Å². The normalized spacial score (nSPS) is 12.9. The van der Waals surface area contributed by atoms with Crippen molar-refractivity contribution in [3.05, 3.63) is 64.7 Å². The van der Waals surface area contributed by atoms with E-state index in [1.807, 2.05) is 46.0 Å². The number of carbonyl (C=O) groups is 2. The summed E-state index contributed by atoms with van der Waals surface area (Å²) >= 11 is 0. The molecule has 0 aliphatic carbocycles. The Morgan fingerprint density at radius 3 is 2.29 bits per heavy atom. The summed E-state index contributed by atoms with van der Waals surface area (Å²) in [6.07, 6.45) is 0.999. The van der Waals surface area contributed by atoms with Crippen LogP contribution < -0.4 is 15.5 Å². The van der Waals surface area contributed by atoms with E-state index in [1.165, 1.54) is 5.56 Å². The molecule has 2 amide bonds. The quantitative estimate of drug-likeness (QED) is 0.655. The van der Waals surface area contributed by atoms with Crippen LogP contribution in [0.4, 0.5) is 5.69 Å². The van der Waals surface area contributed by atoms with Crippen molar-refractivity contribution in [3.63, 3.8) is 0 Å². The summed E-state index contributed by atoms with van der Waals surface area (Å²) in [5.74, 6) is -0.161. The molecule has 0 bridgehead atoms. The molecule has 0 fully saturated rings. The Hall–Kier alpha value is -2.66. The van der Waals surface area contributed by atoms with Crippen molar-refractivity contribution in [2.75, 3.05) is 25.5 Å². The zero-order chi connectivity index (χ0) is 20.7.